The lowest BCUT2D eigenvalue weighted by atomic mass is 9.48. The van der Waals surface area contributed by atoms with Gasteiger partial charge in [-0.2, -0.15) is 10.5 Å². The van der Waals surface area contributed by atoms with Crippen LogP contribution in [0.15, 0.2) is 16.8 Å². The molecule has 4 aliphatic carbocycles. The zero-order valence-electron chi connectivity index (χ0n) is 18.5. The third-order valence-electron chi connectivity index (χ3n) is 8.85. The van der Waals surface area contributed by atoms with Gasteiger partial charge in [0.05, 0.1) is 43.4 Å². The minimum atomic E-state index is 0.160. The highest BCUT2D eigenvalue weighted by Crippen LogP contribution is 2.64. The molecule has 0 radical (unpaired) electrons. The highest BCUT2D eigenvalue weighted by molar-refractivity contribution is 5.92. The molecule has 0 aromatic rings. The Hall–Kier alpha value is -1.85. The monoisotopic (exact) mass is 409 g/mol. The zero-order chi connectivity index (χ0) is 21.2. The van der Waals surface area contributed by atoms with E-state index in [1.807, 2.05) is 0 Å². The van der Waals surface area contributed by atoms with E-state index in [0.717, 1.165) is 31.1 Å². The second kappa shape index (κ2) is 8.72. The molecule has 162 valence electrons. The fourth-order valence-electron chi connectivity index (χ4n) is 7.19. The number of hydrogen-bond acceptors (Lipinski definition) is 5. The molecular weight excluding hydrogens is 374 g/mol. The van der Waals surface area contributed by atoms with Crippen LogP contribution in [-0.2, 0) is 9.57 Å². The van der Waals surface area contributed by atoms with Crippen molar-refractivity contribution >= 4 is 5.71 Å². The van der Waals surface area contributed by atoms with Gasteiger partial charge in [-0.05, 0) is 74.5 Å². The van der Waals surface area contributed by atoms with Crippen LogP contribution in [0.25, 0.3) is 0 Å². The number of ether oxygens (including phenoxy) is 1. The van der Waals surface area contributed by atoms with Gasteiger partial charge in [-0.3, -0.25) is 0 Å². The van der Waals surface area contributed by atoms with Crippen LogP contribution in [-0.4, -0.2) is 25.0 Å². The van der Waals surface area contributed by atoms with Crippen LogP contribution in [0.3, 0.4) is 0 Å². The molecule has 3 fully saturated rings. The summed E-state index contributed by atoms with van der Waals surface area (Å²) in [6.45, 7) is 5.89. The van der Waals surface area contributed by atoms with Crippen LogP contribution in [0.2, 0.25) is 0 Å². The predicted molar refractivity (Wildman–Crippen MR) is 115 cm³/mol. The molecule has 4 aliphatic rings. The summed E-state index contributed by atoms with van der Waals surface area (Å²) in [5.41, 5.74) is 3.32. The topological polar surface area (TPSA) is 78.4 Å². The average molecular weight is 410 g/mol. The van der Waals surface area contributed by atoms with Crippen molar-refractivity contribution in [3.63, 3.8) is 0 Å². The molecule has 0 saturated heterocycles. The molecule has 0 aromatic carbocycles. The van der Waals surface area contributed by atoms with Crippen molar-refractivity contribution in [3.05, 3.63) is 11.6 Å². The normalized spacial score (nSPS) is 41.1. The Kier molecular flexibility index (Phi) is 6.21. The summed E-state index contributed by atoms with van der Waals surface area (Å²) in [5.74, 6) is 2.18. The van der Waals surface area contributed by atoms with Crippen LogP contribution in [0.4, 0.5) is 0 Å². The van der Waals surface area contributed by atoms with Gasteiger partial charge in [0.1, 0.15) is 6.61 Å². The highest BCUT2D eigenvalue weighted by Gasteiger charge is 2.58. The first kappa shape index (κ1) is 21.4. The number of hydrogen-bond donors (Lipinski definition) is 0. The van der Waals surface area contributed by atoms with E-state index >= 15 is 0 Å². The lowest BCUT2D eigenvalue weighted by Gasteiger charge is -2.57. The Bertz CT molecular complexity index is 791. The van der Waals surface area contributed by atoms with E-state index in [1.54, 1.807) is 5.57 Å². The van der Waals surface area contributed by atoms with Gasteiger partial charge in [0.15, 0.2) is 0 Å². The van der Waals surface area contributed by atoms with E-state index in [9.17, 15) is 0 Å². The van der Waals surface area contributed by atoms with Crippen molar-refractivity contribution in [2.75, 3.05) is 13.2 Å². The van der Waals surface area contributed by atoms with Crippen LogP contribution < -0.4 is 0 Å². The van der Waals surface area contributed by atoms with Crippen molar-refractivity contribution in [2.45, 2.75) is 84.2 Å². The molecule has 30 heavy (non-hydrogen) atoms. The second-order valence-electron chi connectivity index (χ2n) is 10.2. The molecule has 3 saturated carbocycles. The van der Waals surface area contributed by atoms with E-state index < -0.39 is 0 Å². The van der Waals surface area contributed by atoms with Gasteiger partial charge < -0.3 is 9.57 Å². The SMILES string of the molecule is C[C@]12CC[C@H](OCCC#N)CC1=CC[C@@H]1[C@@H]2CC[C@]2(C)/C(=N/OCCC#N)CC[C@@H]12. The highest BCUT2D eigenvalue weighted by atomic mass is 16.6. The van der Waals surface area contributed by atoms with Crippen LogP contribution >= 0.6 is 0 Å². The van der Waals surface area contributed by atoms with Crippen molar-refractivity contribution in [1.82, 2.24) is 0 Å². The van der Waals surface area contributed by atoms with Gasteiger partial charge in [-0.1, -0.05) is 30.7 Å². The number of rotatable bonds is 6. The Morgan fingerprint density at radius 2 is 1.77 bits per heavy atom. The third kappa shape index (κ3) is 3.67. The maximum Gasteiger partial charge on any atom is 0.130 e. The van der Waals surface area contributed by atoms with Gasteiger partial charge in [-0.25, -0.2) is 0 Å². The lowest BCUT2D eigenvalue weighted by molar-refractivity contribution is -0.0362. The third-order valence-corrected chi connectivity index (χ3v) is 8.85. The predicted octanol–water partition coefficient (Wildman–Crippen LogP) is 5.53. The summed E-state index contributed by atoms with van der Waals surface area (Å²) in [5, 5.41) is 22.0. The first-order valence-electron chi connectivity index (χ1n) is 11.8. The van der Waals surface area contributed by atoms with E-state index in [1.165, 1.54) is 37.8 Å². The van der Waals surface area contributed by atoms with Gasteiger partial charge >= 0.3 is 0 Å². The lowest BCUT2D eigenvalue weighted by Crippen LogP contribution is -2.50. The molecule has 0 aromatic heterocycles. The molecule has 0 amide bonds. The standard InChI is InChI=1S/C25H35N3O2/c1-24-11-9-19(29-15-3-13-26)17-18(24)5-6-20-21-7-8-23(28-30-16-4-14-27)25(21,2)12-10-22(20)24/h5,19-22H,3-4,6-12,15-17H2,1-2H3/b28-23+/t19-,20-,21-,22-,24-,25-/m0/s1. The maximum absolute atomic E-state index is 8.77. The fraction of sp³-hybridized carbons (Fsp3) is 0.800. The first-order chi connectivity index (χ1) is 14.5. The number of allylic oxidation sites excluding steroid dienone is 1. The van der Waals surface area contributed by atoms with Crippen LogP contribution in [0.5, 0.6) is 0 Å². The van der Waals surface area contributed by atoms with E-state index in [0.29, 0.717) is 43.5 Å². The molecular formula is C25H35N3O2. The molecule has 0 N–H and O–H groups in total. The molecule has 6 atom stereocenters. The second-order valence-corrected chi connectivity index (χ2v) is 10.2. The number of nitrogens with zero attached hydrogens (tertiary/aromatic N) is 3. The summed E-state index contributed by atoms with van der Waals surface area (Å²) in [6, 6.07) is 4.30. The summed E-state index contributed by atoms with van der Waals surface area (Å²) in [4.78, 5) is 5.49. The van der Waals surface area contributed by atoms with Gasteiger partial charge in [0.25, 0.3) is 0 Å². The van der Waals surface area contributed by atoms with Crippen molar-refractivity contribution in [1.29, 1.82) is 10.5 Å². The number of oxime groups is 1. The molecule has 4 rings (SSSR count). The molecule has 0 bridgehead atoms. The largest absolute Gasteiger partial charge is 0.395 e. The fourth-order valence-corrected chi connectivity index (χ4v) is 7.19. The summed E-state index contributed by atoms with van der Waals surface area (Å²) < 4.78 is 5.99. The summed E-state index contributed by atoms with van der Waals surface area (Å²) >= 11 is 0. The Morgan fingerprint density at radius 3 is 2.57 bits per heavy atom. The minimum absolute atomic E-state index is 0.160. The van der Waals surface area contributed by atoms with Crippen molar-refractivity contribution in [2.24, 2.45) is 33.7 Å². The summed E-state index contributed by atoms with van der Waals surface area (Å²) in [6.07, 6.45) is 13.0. The van der Waals surface area contributed by atoms with Gasteiger partial charge in [0.2, 0.25) is 0 Å². The first-order valence-corrected chi connectivity index (χ1v) is 11.8. The number of fused-ring (bicyclic) bond motifs is 5. The minimum Gasteiger partial charge on any atom is -0.395 e. The molecule has 0 spiro atoms. The summed E-state index contributed by atoms with van der Waals surface area (Å²) in [7, 11) is 0. The van der Waals surface area contributed by atoms with E-state index in [2.05, 4.69) is 37.2 Å². The smallest absolute Gasteiger partial charge is 0.130 e. The van der Waals surface area contributed by atoms with Gasteiger partial charge in [-0.15, -0.1) is 0 Å². The van der Waals surface area contributed by atoms with E-state index in [-0.39, 0.29) is 5.41 Å². The van der Waals surface area contributed by atoms with Crippen LogP contribution in [0, 0.1) is 51.2 Å². The molecule has 0 heterocycles. The van der Waals surface area contributed by atoms with Gasteiger partial charge in [0, 0.05) is 5.41 Å². The molecule has 0 unspecified atom stereocenters. The maximum atomic E-state index is 8.77. The Labute approximate surface area is 181 Å². The average Bonchev–Trinajstić information content (AvgIpc) is 3.08. The molecule has 0 aliphatic heterocycles. The molecule has 5 nitrogen and oxygen atoms in total. The Balaban J connectivity index is 1.47. The quantitative estimate of drug-likeness (QED) is 0.328. The van der Waals surface area contributed by atoms with Crippen LogP contribution in [0.1, 0.15) is 78.1 Å². The number of nitriles is 2. The Morgan fingerprint density at radius 1 is 1.03 bits per heavy atom. The van der Waals surface area contributed by atoms with Crippen molar-refractivity contribution in [3.8, 4) is 12.1 Å². The van der Waals surface area contributed by atoms with Crippen molar-refractivity contribution < 1.29 is 9.57 Å². The van der Waals surface area contributed by atoms with E-state index in [4.69, 9.17) is 20.1 Å². The molecule has 5 heteroatoms. The zero-order valence-corrected chi connectivity index (χ0v) is 18.5.